The van der Waals surface area contributed by atoms with E-state index in [-0.39, 0.29) is 24.6 Å². The largest absolute Gasteiger partial charge is 0.383 e. The van der Waals surface area contributed by atoms with Crippen molar-refractivity contribution in [2.75, 3.05) is 26.8 Å². The summed E-state index contributed by atoms with van der Waals surface area (Å²) in [6.07, 6.45) is 0.144. The Labute approximate surface area is 110 Å². The third-order valence-electron chi connectivity index (χ3n) is 2.21. The number of hydrogen-bond donors (Lipinski definition) is 2. The van der Waals surface area contributed by atoms with E-state index in [4.69, 9.17) is 4.74 Å². The quantitative estimate of drug-likeness (QED) is 0.543. The lowest BCUT2D eigenvalue weighted by atomic mass is 10.3. The van der Waals surface area contributed by atoms with Crippen molar-refractivity contribution in [1.29, 1.82) is 0 Å². The maximum absolute atomic E-state index is 12.8. The zero-order chi connectivity index (χ0) is 14.1. The van der Waals surface area contributed by atoms with E-state index in [1.54, 1.807) is 7.11 Å². The van der Waals surface area contributed by atoms with Crippen LogP contribution in [0.3, 0.4) is 0 Å². The number of pyridine rings is 1. The molecule has 1 rings (SSSR count). The Balaban J connectivity index is 2.25. The lowest BCUT2D eigenvalue weighted by molar-refractivity contribution is -0.121. The van der Waals surface area contributed by atoms with Crippen LogP contribution in [0.2, 0.25) is 0 Å². The summed E-state index contributed by atoms with van der Waals surface area (Å²) < 4.78 is 17.6. The van der Waals surface area contributed by atoms with Gasteiger partial charge in [-0.15, -0.1) is 0 Å². The van der Waals surface area contributed by atoms with E-state index in [0.717, 1.165) is 6.07 Å². The summed E-state index contributed by atoms with van der Waals surface area (Å²) in [4.78, 5) is 26.3. The van der Waals surface area contributed by atoms with Gasteiger partial charge in [-0.05, 0) is 12.1 Å². The van der Waals surface area contributed by atoms with Crippen LogP contribution in [0.15, 0.2) is 18.2 Å². The SMILES string of the molecule is COCCNC(=O)CCNC(=O)c1cccc(F)n1. The number of hydrogen-bond acceptors (Lipinski definition) is 4. The molecule has 1 heterocycles. The maximum Gasteiger partial charge on any atom is 0.270 e. The number of carbonyl (C=O) groups is 2. The van der Waals surface area contributed by atoms with Gasteiger partial charge in [0.2, 0.25) is 11.9 Å². The molecule has 0 aromatic carbocycles. The van der Waals surface area contributed by atoms with E-state index in [2.05, 4.69) is 15.6 Å². The molecule has 19 heavy (non-hydrogen) atoms. The van der Waals surface area contributed by atoms with Crippen LogP contribution in [0, 0.1) is 5.95 Å². The van der Waals surface area contributed by atoms with E-state index < -0.39 is 11.9 Å². The number of methoxy groups -OCH3 is 1. The van der Waals surface area contributed by atoms with Crippen LogP contribution in [0.5, 0.6) is 0 Å². The number of halogens is 1. The maximum atomic E-state index is 12.8. The molecule has 0 spiro atoms. The second kappa shape index (κ2) is 8.15. The number of aromatic nitrogens is 1. The lowest BCUT2D eigenvalue weighted by Crippen LogP contribution is -2.32. The van der Waals surface area contributed by atoms with Gasteiger partial charge in [0.05, 0.1) is 6.61 Å². The third-order valence-corrected chi connectivity index (χ3v) is 2.21. The molecule has 0 aliphatic rings. The van der Waals surface area contributed by atoms with E-state index in [1.165, 1.54) is 12.1 Å². The molecule has 6 nitrogen and oxygen atoms in total. The predicted octanol–water partition coefficient (Wildman–Crippen LogP) is 0.103. The van der Waals surface area contributed by atoms with Gasteiger partial charge in [-0.3, -0.25) is 9.59 Å². The van der Waals surface area contributed by atoms with Crippen LogP contribution < -0.4 is 10.6 Å². The fraction of sp³-hybridized carbons (Fsp3) is 0.417. The average molecular weight is 269 g/mol. The van der Waals surface area contributed by atoms with Crippen molar-refractivity contribution in [2.45, 2.75) is 6.42 Å². The first-order valence-corrected chi connectivity index (χ1v) is 5.80. The van der Waals surface area contributed by atoms with Gasteiger partial charge in [0.1, 0.15) is 5.69 Å². The van der Waals surface area contributed by atoms with E-state index in [0.29, 0.717) is 13.2 Å². The molecule has 0 aliphatic heterocycles. The minimum atomic E-state index is -0.718. The summed E-state index contributed by atoms with van der Waals surface area (Å²) in [6, 6.07) is 3.95. The Kier molecular flexibility index (Phi) is 6.45. The van der Waals surface area contributed by atoms with E-state index in [9.17, 15) is 14.0 Å². The van der Waals surface area contributed by atoms with Crippen molar-refractivity contribution in [3.05, 3.63) is 29.8 Å². The van der Waals surface area contributed by atoms with Crippen molar-refractivity contribution in [3.8, 4) is 0 Å². The van der Waals surface area contributed by atoms with Crippen molar-refractivity contribution in [1.82, 2.24) is 15.6 Å². The topological polar surface area (TPSA) is 80.3 Å². The van der Waals surface area contributed by atoms with Crippen molar-refractivity contribution >= 4 is 11.8 Å². The molecule has 0 saturated heterocycles. The second-order valence-electron chi connectivity index (χ2n) is 3.69. The van der Waals surface area contributed by atoms with Gasteiger partial charge in [0, 0.05) is 26.6 Å². The summed E-state index contributed by atoms with van der Waals surface area (Å²) in [5.41, 5.74) is -0.0141. The third kappa shape index (κ3) is 5.91. The Morgan fingerprint density at radius 3 is 2.79 bits per heavy atom. The highest BCUT2D eigenvalue weighted by atomic mass is 19.1. The van der Waals surface area contributed by atoms with Crippen LogP contribution >= 0.6 is 0 Å². The minimum Gasteiger partial charge on any atom is -0.383 e. The molecule has 1 aromatic heterocycles. The number of nitrogens with one attached hydrogen (secondary N) is 2. The lowest BCUT2D eigenvalue weighted by Gasteiger charge is -2.06. The molecule has 0 atom stereocenters. The highest BCUT2D eigenvalue weighted by Gasteiger charge is 2.08. The first-order valence-electron chi connectivity index (χ1n) is 5.80. The van der Waals surface area contributed by atoms with Gasteiger partial charge in [-0.1, -0.05) is 6.07 Å². The van der Waals surface area contributed by atoms with Crippen LogP contribution in [-0.2, 0) is 9.53 Å². The average Bonchev–Trinajstić information content (AvgIpc) is 2.39. The molecule has 0 bridgehead atoms. The molecule has 2 N–H and O–H groups in total. The van der Waals surface area contributed by atoms with Gasteiger partial charge >= 0.3 is 0 Å². The van der Waals surface area contributed by atoms with Gasteiger partial charge in [0.25, 0.3) is 5.91 Å². The molecule has 7 heteroatoms. The molecule has 0 aliphatic carbocycles. The number of carbonyl (C=O) groups excluding carboxylic acids is 2. The first-order chi connectivity index (χ1) is 9.13. The van der Waals surface area contributed by atoms with Crippen LogP contribution in [-0.4, -0.2) is 43.6 Å². The van der Waals surface area contributed by atoms with Crippen LogP contribution in [0.25, 0.3) is 0 Å². The molecular formula is C12H16FN3O3. The Morgan fingerprint density at radius 2 is 2.11 bits per heavy atom. The second-order valence-corrected chi connectivity index (χ2v) is 3.69. The number of ether oxygens (including phenoxy) is 1. The first kappa shape index (κ1) is 15.0. The molecular weight excluding hydrogens is 253 g/mol. The van der Waals surface area contributed by atoms with Gasteiger partial charge in [-0.25, -0.2) is 4.98 Å². The van der Waals surface area contributed by atoms with E-state index in [1.807, 2.05) is 0 Å². The van der Waals surface area contributed by atoms with Crippen LogP contribution in [0.1, 0.15) is 16.9 Å². The zero-order valence-electron chi connectivity index (χ0n) is 10.6. The zero-order valence-corrected chi connectivity index (χ0v) is 10.6. The van der Waals surface area contributed by atoms with Crippen molar-refractivity contribution in [3.63, 3.8) is 0 Å². The smallest absolute Gasteiger partial charge is 0.270 e. The van der Waals surface area contributed by atoms with Gasteiger partial charge in [-0.2, -0.15) is 4.39 Å². The molecule has 104 valence electrons. The Morgan fingerprint density at radius 1 is 1.32 bits per heavy atom. The summed E-state index contributed by atoms with van der Waals surface area (Å²) in [7, 11) is 1.54. The monoisotopic (exact) mass is 269 g/mol. The summed E-state index contributed by atoms with van der Waals surface area (Å²) in [5, 5.41) is 5.10. The standard InChI is InChI=1S/C12H16FN3O3/c1-19-8-7-14-11(17)5-6-15-12(18)9-3-2-4-10(13)16-9/h2-4H,5-8H2,1H3,(H,14,17)(H,15,18). The Bertz CT molecular complexity index is 440. The fourth-order valence-corrected chi connectivity index (χ4v) is 1.30. The normalized spacial score (nSPS) is 10.0. The molecule has 0 radical (unpaired) electrons. The van der Waals surface area contributed by atoms with Crippen molar-refractivity contribution < 1.29 is 18.7 Å². The van der Waals surface area contributed by atoms with Crippen LogP contribution in [0.4, 0.5) is 4.39 Å². The van der Waals surface area contributed by atoms with Gasteiger partial charge in [0.15, 0.2) is 0 Å². The molecule has 2 amide bonds. The Hall–Kier alpha value is -2.02. The molecule has 0 saturated carbocycles. The fourth-order valence-electron chi connectivity index (χ4n) is 1.30. The highest BCUT2D eigenvalue weighted by molar-refractivity contribution is 5.92. The summed E-state index contributed by atoms with van der Waals surface area (Å²) in [5.74, 6) is -1.42. The predicted molar refractivity (Wildman–Crippen MR) is 66.0 cm³/mol. The summed E-state index contributed by atoms with van der Waals surface area (Å²) >= 11 is 0. The number of amides is 2. The van der Waals surface area contributed by atoms with E-state index >= 15 is 0 Å². The number of rotatable bonds is 7. The number of nitrogens with zero attached hydrogens (tertiary/aromatic N) is 1. The molecule has 1 aromatic rings. The minimum absolute atomic E-state index is 0.0141. The van der Waals surface area contributed by atoms with Crippen molar-refractivity contribution in [2.24, 2.45) is 0 Å². The summed E-state index contributed by atoms with van der Waals surface area (Å²) in [6.45, 7) is 1.02. The molecule has 0 fully saturated rings. The van der Waals surface area contributed by atoms with Gasteiger partial charge < -0.3 is 15.4 Å². The highest BCUT2D eigenvalue weighted by Crippen LogP contribution is 1.97. The molecule has 0 unspecified atom stereocenters.